The number of likely N-dealkylation sites (tertiary alicyclic amines) is 1. The van der Waals surface area contributed by atoms with Gasteiger partial charge in [-0.05, 0) is 55.7 Å². The monoisotopic (exact) mass is 425 g/mol. The fourth-order valence-electron chi connectivity index (χ4n) is 3.71. The molecule has 0 aromatic heterocycles. The molecule has 3 N–H and O–H groups in total. The first-order valence-electron chi connectivity index (χ1n) is 9.21. The molecule has 0 bridgehead atoms. The Morgan fingerprint density at radius 3 is 2.54 bits per heavy atom. The second-order valence-corrected chi connectivity index (χ2v) is 7.63. The lowest BCUT2D eigenvalue weighted by molar-refractivity contribution is 0.0919. The molecule has 2 unspecified atom stereocenters. The Kier molecular flexibility index (Phi) is 7.84. The van der Waals surface area contributed by atoms with Crippen LogP contribution in [0.1, 0.15) is 47.8 Å². The number of hydrogen-bond donors (Lipinski definition) is 2. The standard InChI is InChI=1S/C21H25ClFN3O.ClH/c1-13(2)26-10-9-19(20(26)16-7-8-17(22)18(23)11-16)25-21(27)15-5-3-14(12-24)4-6-15;/h3-8,11,13,19-20H,9-10,12,24H2,1-2H3,(H,25,27);1H. The smallest absolute Gasteiger partial charge is 0.251 e. The van der Waals surface area contributed by atoms with E-state index in [1.54, 1.807) is 18.2 Å². The van der Waals surface area contributed by atoms with Crippen molar-refractivity contribution in [1.82, 2.24) is 10.2 Å². The first kappa shape index (κ1) is 22.6. The van der Waals surface area contributed by atoms with E-state index in [1.807, 2.05) is 18.2 Å². The zero-order valence-electron chi connectivity index (χ0n) is 16.0. The van der Waals surface area contributed by atoms with Crippen LogP contribution < -0.4 is 11.1 Å². The molecule has 0 aliphatic carbocycles. The Labute approximate surface area is 176 Å². The van der Waals surface area contributed by atoms with Crippen molar-refractivity contribution in [1.29, 1.82) is 0 Å². The van der Waals surface area contributed by atoms with Gasteiger partial charge in [-0.1, -0.05) is 29.8 Å². The number of carbonyl (C=O) groups is 1. The van der Waals surface area contributed by atoms with Crippen LogP contribution in [-0.2, 0) is 6.54 Å². The number of nitrogens with one attached hydrogen (secondary N) is 1. The highest BCUT2D eigenvalue weighted by molar-refractivity contribution is 6.30. The Hall–Kier alpha value is -1.66. The highest BCUT2D eigenvalue weighted by Gasteiger charge is 2.37. The molecular weight excluding hydrogens is 400 g/mol. The molecule has 1 fully saturated rings. The lowest BCUT2D eigenvalue weighted by Gasteiger charge is -2.32. The molecule has 1 amide bonds. The SMILES string of the molecule is CC(C)N1CCC(NC(=O)c2ccc(CN)cc2)C1c1ccc(Cl)c(F)c1.Cl. The molecule has 0 saturated carbocycles. The molecular formula is C21H26Cl2FN3O. The third kappa shape index (κ3) is 4.84. The van der Waals surface area contributed by atoms with E-state index in [0.29, 0.717) is 12.1 Å². The first-order valence-corrected chi connectivity index (χ1v) is 9.59. The summed E-state index contributed by atoms with van der Waals surface area (Å²) in [5.41, 5.74) is 8.01. The normalized spacial score (nSPS) is 19.5. The maximum absolute atomic E-state index is 14.0. The van der Waals surface area contributed by atoms with E-state index in [9.17, 15) is 9.18 Å². The van der Waals surface area contributed by atoms with Gasteiger partial charge in [-0.3, -0.25) is 9.69 Å². The van der Waals surface area contributed by atoms with Gasteiger partial charge in [0.15, 0.2) is 0 Å². The summed E-state index contributed by atoms with van der Waals surface area (Å²) >= 11 is 5.84. The van der Waals surface area contributed by atoms with Crippen molar-refractivity contribution < 1.29 is 9.18 Å². The van der Waals surface area contributed by atoms with Crippen molar-refractivity contribution in [2.24, 2.45) is 5.73 Å². The van der Waals surface area contributed by atoms with Gasteiger partial charge in [-0.2, -0.15) is 0 Å². The molecule has 1 saturated heterocycles. The number of carbonyl (C=O) groups excluding carboxylic acids is 1. The third-order valence-electron chi connectivity index (χ3n) is 5.15. The topological polar surface area (TPSA) is 58.4 Å². The van der Waals surface area contributed by atoms with Crippen LogP contribution >= 0.6 is 24.0 Å². The maximum Gasteiger partial charge on any atom is 0.251 e. The number of hydrogen-bond acceptors (Lipinski definition) is 3. The van der Waals surface area contributed by atoms with Crippen LogP contribution in [0.4, 0.5) is 4.39 Å². The van der Waals surface area contributed by atoms with Crippen molar-refractivity contribution in [2.45, 2.75) is 44.9 Å². The van der Waals surface area contributed by atoms with Crippen LogP contribution in [0.15, 0.2) is 42.5 Å². The van der Waals surface area contributed by atoms with Crippen molar-refractivity contribution >= 4 is 29.9 Å². The Morgan fingerprint density at radius 2 is 1.96 bits per heavy atom. The summed E-state index contributed by atoms with van der Waals surface area (Å²) in [6.07, 6.45) is 0.805. The molecule has 152 valence electrons. The molecule has 2 atom stereocenters. The predicted octanol–water partition coefficient (Wildman–Crippen LogP) is 4.31. The number of amides is 1. The molecule has 3 rings (SSSR count). The highest BCUT2D eigenvalue weighted by atomic mass is 35.5. The fraction of sp³-hybridized carbons (Fsp3) is 0.381. The lowest BCUT2D eigenvalue weighted by atomic mass is 9.98. The minimum atomic E-state index is -0.438. The summed E-state index contributed by atoms with van der Waals surface area (Å²) in [6, 6.07) is 12.3. The van der Waals surface area contributed by atoms with Crippen molar-refractivity contribution in [2.75, 3.05) is 6.54 Å². The number of nitrogens with zero attached hydrogens (tertiary/aromatic N) is 1. The minimum absolute atomic E-state index is 0. The quantitative estimate of drug-likeness (QED) is 0.749. The highest BCUT2D eigenvalue weighted by Crippen LogP contribution is 2.35. The second kappa shape index (κ2) is 9.70. The number of halogens is 3. The Bertz CT molecular complexity index is 814. The van der Waals surface area contributed by atoms with Gasteiger partial charge in [-0.15, -0.1) is 12.4 Å². The van der Waals surface area contributed by atoms with Crippen molar-refractivity contribution in [3.63, 3.8) is 0 Å². The molecule has 0 spiro atoms. The summed E-state index contributed by atoms with van der Waals surface area (Å²) in [4.78, 5) is 15.0. The molecule has 7 heteroatoms. The molecule has 4 nitrogen and oxygen atoms in total. The van der Waals surface area contributed by atoms with Crippen LogP contribution in [0.5, 0.6) is 0 Å². The van der Waals surface area contributed by atoms with Crippen LogP contribution in [0.2, 0.25) is 5.02 Å². The van der Waals surface area contributed by atoms with E-state index in [0.717, 1.165) is 24.1 Å². The van der Waals surface area contributed by atoms with Gasteiger partial charge in [0.25, 0.3) is 5.91 Å². The van der Waals surface area contributed by atoms with Crippen LogP contribution in [0.3, 0.4) is 0 Å². The molecule has 2 aromatic carbocycles. The zero-order chi connectivity index (χ0) is 19.6. The Morgan fingerprint density at radius 1 is 1.29 bits per heavy atom. The van der Waals surface area contributed by atoms with Gasteiger partial charge in [0.05, 0.1) is 17.1 Å². The molecule has 1 aliphatic rings. The summed E-state index contributed by atoms with van der Waals surface area (Å²) < 4.78 is 14.0. The molecule has 1 heterocycles. The summed E-state index contributed by atoms with van der Waals surface area (Å²) in [6.45, 7) is 5.49. The number of rotatable bonds is 5. The van der Waals surface area contributed by atoms with Gasteiger partial charge < -0.3 is 11.1 Å². The fourth-order valence-corrected chi connectivity index (χ4v) is 3.83. The van der Waals surface area contributed by atoms with Crippen molar-refractivity contribution in [3.8, 4) is 0 Å². The van der Waals surface area contributed by atoms with E-state index in [-0.39, 0.29) is 41.5 Å². The third-order valence-corrected chi connectivity index (χ3v) is 5.46. The maximum atomic E-state index is 14.0. The molecule has 2 aromatic rings. The number of nitrogens with two attached hydrogens (primary N) is 1. The average Bonchev–Trinajstić information content (AvgIpc) is 3.08. The number of benzene rings is 2. The second-order valence-electron chi connectivity index (χ2n) is 7.22. The molecule has 1 aliphatic heterocycles. The average molecular weight is 426 g/mol. The van der Waals surface area contributed by atoms with Crippen molar-refractivity contribution in [3.05, 3.63) is 70.0 Å². The van der Waals surface area contributed by atoms with Crippen LogP contribution in [0.25, 0.3) is 0 Å². The van der Waals surface area contributed by atoms with E-state index >= 15 is 0 Å². The van der Waals surface area contributed by atoms with Crippen LogP contribution in [0, 0.1) is 5.82 Å². The van der Waals surface area contributed by atoms with Gasteiger partial charge in [0.1, 0.15) is 5.82 Å². The van der Waals surface area contributed by atoms with Gasteiger partial charge in [-0.25, -0.2) is 4.39 Å². The Balaban J connectivity index is 0.00000280. The van der Waals surface area contributed by atoms with E-state index < -0.39 is 5.82 Å². The summed E-state index contributed by atoms with van der Waals surface area (Å²) in [5.74, 6) is -0.569. The minimum Gasteiger partial charge on any atom is -0.347 e. The predicted molar refractivity (Wildman–Crippen MR) is 113 cm³/mol. The van der Waals surface area contributed by atoms with E-state index in [4.69, 9.17) is 17.3 Å². The summed E-state index contributed by atoms with van der Waals surface area (Å²) in [7, 11) is 0. The largest absolute Gasteiger partial charge is 0.347 e. The molecule has 0 radical (unpaired) electrons. The van der Waals surface area contributed by atoms with Gasteiger partial charge in [0, 0.05) is 24.7 Å². The first-order chi connectivity index (χ1) is 12.9. The van der Waals surface area contributed by atoms with Crippen LogP contribution in [-0.4, -0.2) is 29.4 Å². The summed E-state index contributed by atoms with van der Waals surface area (Å²) in [5, 5.41) is 3.24. The van der Waals surface area contributed by atoms with E-state index in [1.165, 1.54) is 6.07 Å². The van der Waals surface area contributed by atoms with E-state index in [2.05, 4.69) is 24.1 Å². The van der Waals surface area contributed by atoms with Gasteiger partial charge in [0.2, 0.25) is 0 Å². The zero-order valence-corrected chi connectivity index (χ0v) is 17.6. The molecule has 28 heavy (non-hydrogen) atoms. The van der Waals surface area contributed by atoms with Gasteiger partial charge >= 0.3 is 0 Å². The lowest BCUT2D eigenvalue weighted by Crippen LogP contribution is -2.41.